The first kappa shape index (κ1) is 21.1. The van der Waals surface area contributed by atoms with Gasteiger partial charge in [0.25, 0.3) is 0 Å². The highest BCUT2D eigenvalue weighted by Crippen LogP contribution is 2.36. The van der Waals surface area contributed by atoms with Gasteiger partial charge in [-0.2, -0.15) is 18.2 Å². The summed E-state index contributed by atoms with van der Waals surface area (Å²) in [6, 6.07) is 2.08. The standard InChI is InChI=1S/C20H22F3N7OS/c1-11(2)7-13-8-14-16(24-19(25-17(14)32-13)29-4-3-12(31)9-29)28-5-6-30-15(10-28)26-27-18(30)20(21,22)23/h8,11H,3-7,9-10H2,1-2H3. The third-order valence-corrected chi connectivity index (χ3v) is 6.69. The highest BCUT2D eigenvalue weighted by Gasteiger charge is 2.40. The summed E-state index contributed by atoms with van der Waals surface area (Å²) in [5.41, 5.74) is 0. The molecule has 1 saturated heterocycles. The van der Waals surface area contributed by atoms with Gasteiger partial charge in [0, 0.05) is 30.9 Å². The van der Waals surface area contributed by atoms with Crippen LogP contribution in [0.1, 0.15) is 36.8 Å². The molecule has 5 rings (SSSR count). The van der Waals surface area contributed by atoms with Crippen molar-refractivity contribution in [2.24, 2.45) is 5.92 Å². The predicted octanol–water partition coefficient (Wildman–Crippen LogP) is 3.30. The van der Waals surface area contributed by atoms with E-state index in [1.165, 1.54) is 4.88 Å². The van der Waals surface area contributed by atoms with Crippen molar-refractivity contribution >= 4 is 39.1 Å². The number of fused-ring (bicyclic) bond motifs is 2. The molecule has 0 aromatic carbocycles. The maximum atomic E-state index is 13.2. The van der Waals surface area contributed by atoms with Gasteiger partial charge in [-0.3, -0.25) is 4.79 Å². The zero-order chi connectivity index (χ0) is 22.6. The van der Waals surface area contributed by atoms with E-state index in [0.29, 0.717) is 37.2 Å². The number of anilines is 2. The van der Waals surface area contributed by atoms with Crippen LogP contribution in [0.15, 0.2) is 6.07 Å². The van der Waals surface area contributed by atoms with Crippen molar-refractivity contribution in [2.75, 3.05) is 29.4 Å². The normalized spacial score (nSPS) is 17.1. The van der Waals surface area contributed by atoms with Gasteiger partial charge in [-0.25, -0.2) is 4.98 Å². The Morgan fingerprint density at radius 2 is 1.91 bits per heavy atom. The van der Waals surface area contributed by atoms with E-state index in [9.17, 15) is 18.0 Å². The van der Waals surface area contributed by atoms with Crippen LogP contribution in [0.5, 0.6) is 0 Å². The van der Waals surface area contributed by atoms with E-state index >= 15 is 0 Å². The topological polar surface area (TPSA) is 80.0 Å². The number of nitrogens with zero attached hydrogens (tertiary/aromatic N) is 7. The Morgan fingerprint density at radius 1 is 1.09 bits per heavy atom. The molecule has 8 nitrogen and oxygen atoms in total. The number of carbonyl (C=O) groups is 1. The number of Topliss-reactive ketones (excluding diaryl/α,β-unsaturated/α-hetero) is 1. The lowest BCUT2D eigenvalue weighted by Crippen LogP contribution is -2.36. The van der Waals surface area contributed by atoms with Gasteiger partial charge in [0.05, 0.1) is 18.5 Å². The molecule has 2 aliphatic rings. The van der Waals surface area contributed by atoms with Gasteiger partial charge in [-0.05, 0) is 18.4 Å². The van der Waals surface area contributed by atoms with Crippen molar-refractivity contribution < 1.29 is 18.0 Å². The summed E-state index contributed by atoms with van der Waals surface area (Å²) in [5.74, 6) is 1.06. The molecule has 32 heavy (non-hydrogen) atoms. The number of alkyl halides is 3. The average molecular weight is 466 g/mol. The summed E-state index contributed by atoms with van der Waals surface area (Å²) >= 11 is 1.60. The molecule has 0 bridgehead atoms. The number of hydrogen-bond acceptors (Lipinski definition) is 8. The summed E-state index contributed by atoms with van der Waals surface area (Å²) in [4.78, 5) is 27.1. The Kier molecular flexibility index (Phi) is 5.06. The molecule has 5 heterocycles. The molecule has 0 spiro atoms. The third kappa shape index (κ3) is 3.80. The molecule has 12 heteroatoms. The van der Waals surface area contributed by atoms with Crippen LogP contribution in [0.25, 0.3) is 10.2 Å². The van der Waals surface area contributed by atoms with Crippen molar-refractivity contribution in [1.29, 1.82) is 0 Å². The molecule has 0 saturated carbocycles. The Labute approximate surface area is 186 Å². The second-order valence-electron chi connectivity index (χ2n) is 8.60. The average Bonchev–Trinajstić information content (AvgIpc) is 3.42. The smallest absolute Gasteiger partial charge is 0.347 e. The summed E-state index contributed by atoms with van der Waals surface area (Å²) in [5, 5.41) is 8.04. The van der Waals surface area contributed by atoms with Gasteiger partial charge in [0.2, 0.25) is 11.8 Å². The predicted molar refractivity (Wildman–Crippen MR) is 114 cm³/mol. The quantitative estimate of drug-likeness (QED) is 0.585. The molecule has 170 valence electrons. The molecule has 0 unspecified atom stereocenters. The fourth-order valence-electron chi connectivity index (χ4n) is 4.18. The van der Waals surface area contributed by atoms with E-state index in [-0.39, 0.29) is 31.2 Å². The summed E-state index contributed by atoms with van der Waals surface area (Å²) < 4.78 is 40.8. The van der Waals surface area contributed by atoms with Crippen LogP contribution in [0, 0.1) is 5.92 Å². The SMILES string of the molecule is CC(C)Cc1cc2c(N3CCn4c(nnc4C(F)(F)F)C3)nc(N3CCC(=O)C3)nc2s1. The van der Waals surface area contributed by atoms with Crippen molar-refractivity contribution in [1.82, 2.24) is 24.7 Å². The van der Waals surface area contributed by atoms with Crippen LogP contribution < -0.4 is 9.80 Å². The van der Waals surface area contributed by atoms with Crippen molar-refractivity contribution in [3.05, 3.63) is 22.6 Å². The van der Waals surface area contributed by atoms with E-state index in [4.69, 9.17) is 9.97 Å². The summed E-state index contributed by atoms with van der Waals surface area (Å²) in [6.45, 7) is 5.76. The molecular formula is C20H22F3N7OS. The zero-order valence-corrected chi connectivity index (χ0v) is 18.5. The van der Waals surface area contributed by atoms with Crippen molar-refractivity contribution in [2.45, 2.75) is 46.0 Å². The maximum absolute atomic E-state index is 13.2. The van der Waals surface area contributed by atoms with Gasteiger partial charge in [-0.15, -0.1) is 21.5 Å². The Balaban J connectivity index is 1.55. The van der Waals surface area contributed by atoms with Crippen LogP contribution in [0.2, 0.25) is 0 Å². The van der Waals surface area contributed by atoms with Gasteiger partial charge in [0.1, 0.15) is 10.6 Å². The fraction of sp³-hybridized carbons (Fsp3) is 0.550. The summed E-state index contributed by atoms with van der Waals surface area (Å²) in [7, 11) is 0. The van der Waals surface area contributed by atoms with E-state index in [1.807, 2.05) is 9.80 Å². The largest absolute Gasteiger partial charge is 0.451 e. The lowest BCUT2D eigenvalue weighted by atomic mass is 10.1. The van der Waals surface area contributed by atoms with Crippen LogP contribution in [0.4, 0.5) is 24.9 Å². The lowest BCUT2D eigenvalue weighted by Gasteiger charge is -2.30. The van der Waals surface area contributed by atoms with Crippen molar-refractivity contribution in [3.8, 4) is 0 Å². The molecule has 0 radical (unpaired) electrons. The Morgan fingerprint density at radius 3 is 2.59 bits per heavy atom. The lowest BCUT2D eigenvalue weighted by molar-refractivity contribution is -0.147. The molecule has 0 aliphatic carbocycles. The summed E-state index contributed by atoms with van der Waals surface area (Å²) in [6.07, 6.45) is -3.17. The van der Waals surface area contributed by atoms with Crippen LogP contribution in [-0.2, 0) is 30.5 Å². The number of rotatable bonds is 4. The first-order chi connectivity index (χ1) is 15.2. The van der Waals surface area contributed by atoms with Gasteiger partial charge < -0.3 is 14.4 Å². The van der Waals surface area contributed by atoms with E-state index in [0.717, 1.165) is 21.2 Å². The molecule has 0 amide bonds. The van der Waals surface area contributed by atoms with Crippen LogP contribution >= 0.6 is 11.3 Å². The Bertz CT molecular complexity index is 1190. The minimum Gasteiger partial charge on any atom is -0.347 e. The molecule has 1 fully saturated rings. The number of aromatic nitrogens is 5. The van der Waals surface area contributed by atoms with Crippen LogP contribution in [-0.4, -0.2) is 50.1 Å². The van der Waals surface area contributed by atoms with E-state index in [1.54, 1.807) is 11.3 Å². The zero-order valence-electron chi connectivity index (χ0n) is 17.7. The first-order valence-electron chi connectivity index (χ1n) is 10.5. The van der Waals surface area contributed by atoms with Gasteiger partial charge >= 0.3 is 6.18 Å². The number of halogens is 3. The Hall–Kier alpha value is -2.76. The minimum absolute atomic E-state index is 0.114. The van der Waals surface area contributed by atoms with Crippen molar-refractivity contribution in [3.63, 3.8) is 0 Å². The second-order valence-corrected chi connectivity index (χ2v) is 9.71. The molecule has 3 aromatic heterocycles. The first-order valence-corrected chi connectivity index (χ1v) is 11.3. The highest BCUT2D eigenvalue weighted by atomic mass is 32.1. The molecule has 2 aliphatic heterocycles. The second kappa shape index (κ2) is 7.68. The molecule has 3 aromatic rings. The third-order valence-electron chi connectivity index (χ3n) is 5.64. The number of ketones is 1. The van der Waals surface area contributed by atoms with E-state index < -0.39 is 12.0 Å². The minimum atomic E-state index is -4.54. The van der Waals surface area contributed by atoms with Gasteiger partial charge in [-0.1, -0.05) is 13.8 Å². The number of hydrogen-bond donors (Lipinski definition) is 0. The number of thiophene rings is 1. The molecule has 0 atom stereocenters. The fourth-order valence-corrected chi connectivity index (χ4v) is 5.41. The van der Waals surface area contributed by atoms with Crippen LogP contribution in [0.3, 0.4) is 0 Å². The van der Waals surface area contributed by atoms with E-state index in [2.05, 4.69) is 30.1 Å². The molecule has 0 N–H and O–H groups in total. The maximum Gasteiger partial charge on any atom is 0.451 e. The number of carbonyl (C=O) groups excluding carboxylic acids is 1. The monoisotopic (exact) mass is 465 g/mol. The van der Waals surface area contributed by atoms with Gasteiger partial charge in [0.15, 0.2) is 11.6 Å². The molecular weight excluding hydrogens is 443 g/mol. The highest BCUT2D eigenvalue weighted by molar-refractivity contribution is 7.18.